The Labute approximate surface area is 218 Å². The van der Waals surface area contributed by atoms with E-state index in [1.54, 1.807) is 42.5 Å². The molecule has 3 heterocycles. The van der Waals surface area contributed by atoms with E-state index in [0.717, 1.165) is 27.1 Å². The summed E-state index contributed by atoms with van der Waals surface area (Å²) in [5.74, 6) is -1.92. The minimum Gasteiger partial charge on any atom is -0.478 e. The number of pyridine rings is 1. The SMILES string of the molecule is O=C(O)c1cccc(-c2ccc(/C=C3\SC(=Nc4ccccc4)N(c4cccnc4[N+](=O)[O-])C3=O)s2)c1. The molecule has 0 atom stereocenters. The molecule has 0 bridgehead atoms. The zero-order valence-corrected chi connectivity index (χ0v) is 20.5. The molecule has 1 saturated heterocycles. The van der Waals surface area contributed by atoms with Crippen molar-refractivity contribution in [3.05, 3.63) is 111 Å². The molecule has 182 valence electrons. The Kier molecular flexibility index (Phi) is 6.62. The highest BCUT2D eigenvalue weighted by Gasteiger charge is 2.38. The van der Waals surface area contributed by atoms with Crippen LogP contribution in [0.1, 0.15) is 15.2 Å². The number of rotatable bonds is 6. The first-order chi connectivity index (χ1) is 17.9. The van der Waals surface area contributed by atoms with Crippen molar-refractivity contribution >= 4 is 63.4 Å². The molecule has 11 heteroatoms. The second kappa shape index (κ2) is 10.2. The van der Waals surface area contributed by atoms with E-state index in [9.17, 15) is 24.8 Å². The fourth-order valence-corrected chi connectivity index (χ4v) is 5.61. The van der Waals surface area contributed by atoms with Crippen LogP contribution < -0.4 is 4.90 Å². The molecule has 0 radical (unpaired) electrons. The van der Waals surface area contributed by atoms with Crippen molar-refractivity contribution in [3.8, 4) is 10.4 Å². The summed E-state index contributed by atoms with van der Waals surface area (Å²) in [6.45, 7) is 0. The Morgan fingerprint density at radius 2 is 1.86 bits per heavy atom. The van der Waals surface area contributed by atoms with E-state index in [1.807, 2.05) is 24.3 Å². The summed E-state index contributed by atoms with van der Waals surface area (Å²) in [6, 6.07) is 22.3. The van der Waals surface area contributed by atoms with E-state index in [1.165, 1.54) is 40.6 Å². The number of nitro groups is 1. The van der Waals surface area contributed by atoms with E-state index in [-0.39, 0.29) is 16.4 Å². The number of aromatic carboxylic acids is 1. The van der Waals surface area contributed by atoms with Crippen LogP contribution in [0.25, 0.3) is 16.5 Å². The topological polar surface area (TPSA) is 126 Å². The Morgan fingerprint density at radius 1 is 1.05 bits per heavy atom. The van der Waals surface area contributed by atoms with Gasteiger partial charge in [0, 0.05) is 9.75 Å². The minimum atomic E-state index is -1.01. The van der Waals surface area contributed by atoms with Crippen LogP contribution in [-0.4, -0.2) is 32.1 Å². The second-order valence-electron chi connectivity index (χ2n) is 7.67. The number of thioether (sulfide) groups is 1. The van der Waals surface area contributed by atoms with Crippen molar-refractivity contribution in [2.75, 3.05) is 4.90 Å². The fourth-order valence-electron chi connectivity index (χ4n) is 3.60. The molecule has 4 aromatic rings. The van der Waals surface area contributed by atoms with E-state index >= 15 is 0 Å². The molecule has 5 rings (SSSR count). The number of nitrogens with zero attached hydrogens (tertiary/aromatic N) is 4. The van der Waals surface area contributed by atoms with Gasteiger partial charge in [-0.3, -0.25) is 4.79 Å². The number of amidine groups is 1. The fraction of sp³-hybridized carbons (Fsp3) is 0. The molecule has 37 heavy (non-hydrogen) atoms. The molecule has 0 spiro atoms. The third-order valence-corrected chi connectivity index (χ3v) is 7.31. The molecule has 1 N–H and O–H groups in total. The largest absolute Gasteiger partial charge is 0.478 e. The number of aromatic nitrogens is 1. The van der Waals surface area contributed by atoms with Crippen molar-refractivity contribution in [1.82, 2.24) is 4.98 Å². The molecule has 2 aromatic carbocycles. The van der Waals surface area contributed by atoms with Gasteiger partial charge < -0.3 is 15.2 Å². The van der Waals surface area contributed by atoms with Crippen LogP contribution in [-0.2, 0) is 4.79 Å². The second-order valence-corrected chi connectivity index (χ2v) is 9.80. The molecule has 1 amide bonds. The number of carbonyl (C=O) groups excluding carboxylic acids is 1. The number of amides is 1. The van der Waals surface area contributed by atoms with Crippen LogP contribution >= 0.6 is 23.1 Å². The third-order valence-electron chi connectivity index (χ3n) is 5.26. The van der Waals surface area contributed by atoms with Gasteiger partial charge in [0.25, 0.3) is 5.91 Å². The molecular formula is C26H16N4O5S2. The maximum Gasteiger partial charge on any atom is 0.387 e. The number of carbonyl (C=O) groups is 2. The highest BCUT2D eigenvalue weighted by molar-refractivity contribution is 8.19. The molecule has 0 aliphatic carbocycles. The number of hydrogen-bond donors (Lipinski definition) is 1. The highest BCUT2D eigenvalue weighted by atomic mass is 32.2. The molecule has 9 nitrogen and oxygen atoms in total. The first-order valence-electron chi connectivity index (χ1n) is 10.8. The van der Waals surface area contributed by atoms with Gasteiger partial charge in [0.1, 0.15) is 11.9 Å². The monoisotopic (exact) mass is 528 g/mol. The number of hydrogen-bond acceptors (Lipinski definition) is 8. The van der Waals surface area contributed by atoms with E-state index in [4.69, 9.17) is 0 Å². The molecule has 0 saturated carbocycles. The lowest BCUT2D eigenvalue weighted by molar-refractivity contribution is -0.388. The molecule has 1 aliphatic rings. The van der Waals surface area contributed by atoms with Crippen LogP contribution in [0.5, 0.6) is 0 Å². The van der Waals surface area contributed by atoms with Gasteiger partial charge in [0.15, 0.2) is 5.17 Å². The standard InChI is InChI=1S/C26H16N4O5S2/c31-24-22(15-19-11-12-21(36-19)16-6-4-7-17(14-16)25(32)33)37-26(28-18-8-2-1-3-9-18)29(24)20-10-5-13-27-23(20)30(34)35/h1-15H,(H,32,33)/b22-15-,28-26?. The number of aliphatic imine (C=N–C) groups is 1. The van der Waals surface area contributed by atoms with E-state index in [2.05, 4.69) is 9.98 Å². The normalized spacial score (nSPS) is 15.5. The third kappa shape index (κ3) is 5.03. The molecule has 1 aliphatic heterocycles. The van der Waals surface area contributed by atoms with E-state index < -0.39 is 22.6 Å². The first kappa shape index (κ1) is 24.1. The van der Waals surface area contributed by atoms with E-state index in [0.29, 0.717) is 10.6 Å². The number of carboxylic acids is 1. The lowest BCUT2D eigenvalue weighted by Crippen LogP contribution is -2.29. The Bertz CT molecular complexity index is 1600. The van der Waals surface area contributed by atoms with Gasteiger partial charge in [-0.15, -0.1) is 11.3 Å². The predicted octanol–water partition coefficient (Wildman–Crippen LogP) is 6.23. The van der Waals surface area contributed by atoms with Crippen molar-refractivity contribution in [2.24, 2.45) is 4.99 Å². The van der Waals surface area contributed by atoms with Gasteiger partial charge in [-0.25, -0.2) is 14.7 Å². The zero-order valence-electron chi connectivity index (χ0n) is 18.8. The Balaban J connectivity index is 1.54. The van der Waals surface area contributed by atoms with Crippen LogP contribution in [0, 0.1) is 10.1 Å². The van der Waals surface area contributed by atoms with Crippen molar-refractivity contribution in [2.45, 2.75) is 0 Å². The average Bonchev–Trinajstić information content (AvgIpc) is 3.49. The van der Waals surface area contributed by atoms with Gasteiger partial charge in [0.05, 0.1) is 16.2 Å². The lowest BCUT2D eigenvalue weighted by atomic mass is 10.1. The summed E-state index contributed by atoms with van der Waals surface area (Å²) in [4.78, 5) is 47.4. The molecule has 1 fully saturated rings. The number of carboxylic acid groups (broad SMARTS) is 1. The number of anilines is 1. The van der Waals surface area contributed by atoms with Gasteiger partial charge >= 0.3 is 11.8 Å². The number of benzene rings is 2. The van der Waals surface area contributed by atoms with Crippen molar-refractivity contribution in [1.29, 1.82) is 0 Å². The molecule has 0 unspecified atom stereocenters. The Morgan fingerprint density at radius 3 is 2.62 bits per heavy atom. The number of thiophene rings is 1. The molecular weight excluding hydrogens is 512 g/mol. The van der Waals surface area contributed by atoms with Gasteiger partial charge in [-0.1, -0.05) is 30.3 Å². The lowest BCUT2D eigenvalue weighted by Gasteiger charge is -2.14. The molecule has 2 aromatic heterocycles. The minimum absolute atomic E-state index is 0.0282. The van der Waals surface area contributed by atoms with Gasteiger partial charge in [0.2, 0.25) is 0 Å². The highest BCUT2D eigenvalue weighted by Crippen LogP contribution is 2.41. The van der Waals surface area contributed by atoms with Crippen molar-refractivity contribution < 1.29 is 19.6 Å². The maximum atomic E-state index is 13.5. The maximum absolute atomic E-state index is 13.5. The average molecular weight is 529 g/mol. The summed E-state index contributed by atoms with van der Waals surface area (Å²) >= 11 is 2.50. The van der Waals surface area contributed by atoms with Crippen molar-refractivity contribution in [3.63, 3.8) is 0 Å². The first-order valence-corrected chi connectivity index (χ1v) is 12.4. The summed E-state index contributed by atoms with van der Waals surface area (Å²) < 4.78 is 0. The zero-order chi connectivity index (χ0) is 25.9. The summed E-state index contributed by atoms with van der Waals surface area (Å²) in [7, 11) is 0. The quantitative estimate of drug-likeness (QED) is 0.179. The smallest absolute Gasteiger partial charge is 0.387 e. The predicted molar refractivity (Wildman–Crippen MR) is 144 cm³/mol. The summed E-state index contributed by atoms with van der Waals surface area (Å²) in [5.41, 5.74) is 1.55. The van der Waals surface area contributed by atoms with Crippen LogP contribution in [0.4, 0.5) is 17.2 Å². The van der Waals surface area contributed by atoms with Gasteiger partial charge in [-0.05, 0) is 81.8 Å². The summed E-state index contributed by atoms with van der Waals surface area (Å²) in [5, 5.41) is 21.2. The van der Waals surface area contributed by atoms with Crippen LogP contribution in [0.15, 0.2) is 95.0 Å². The summed E-state index contributed by atoms with van der Waals surface area (Å²) in [6.07, 6.45) is 3.00. The van der Waals surface area contributed by atoms with Gasteiger partial charge in [-0.2, -0.15) is 0 Å². The van der Waals surface area contributed by atoms with Crippen LogP contribution in [0.2, 0.25) is 0 Å². The number of para-hydroxylation sites is 1. The Hall–Kier alpha value is -4.61. The van der Waals surface area contributed by atoms with Crippen LogP contribution in [0.3, 0.4) is 0 Å².